The van der Waals surface area contributed by atoms with Crippen LogP contribution in [-0.4, -0.2) is 58.6 Å². The van der Waals surface area contributed by atoms with E-state index in [1.54, 1.807) is 36.7 Å². The van der Waals surface area contributed by atoms with E-state index in [2.05, 4.69) is 25.8 Å². The van der Waals surface area contributed by atoms with Crippen LogP contribution in [0, 0.1) is 0 Å². The maximum Gasteiger partial charge on any atom is 0.295 e. The van der Waals surface area contributed by atoms with Crippen molar-refractivity contribution in [2.75, 3.05) is 41.8 Å². The lowest BCUT2D eigenvalue weighted by atomic mass is 10.1. The second kappa shape index (κ2) is 8.94. The first-order chi connectivity index (χ1) is 16.1. The van der Waals surface area contributed by atoms with Crippen molar-refractivity contribution in [3.8, 4) is 11.3 Å². The van der Waals surface area contributed by atoms with Gasteiger partial charge in [-0.15, -0.1) is 0 Å². The summed E-state index contributed by atoms with van der Waals surface area (Å²) in [4.78, 5) is 19.3. The summed E-state index contributed by atoms with van der Waals surface area (Å²) in [5.41, 5.74) is 2.85. The average molecular weight is 454 g/mol. The van der Waals surface area contributed by atoms with Crippen molar-refractivity contribution < 1.29 is 23.1 Å². The molecule has 10 nitrogen and oxygen atoms in total. The van der Waals surface area contributed by atoms with Gasteiger partial charge >= 0.3 is 0 Å². The third kappa shape index (κ3) is 4.40. The molecule has 0 radical (unpaired) electrons. The van der Waals surface area contributed by atoms with E-state index in [4.69, 9.17) is 13.9 Å². The number of benzene rings is 1. The second-order valence-corrected chi connectivity index (χ2v) is 7.80. The van der Waals surface area contributed by atoms with Crippen LogP contribution in [0.3, 0.4) is 0 Å². The fourth-order valence-corrected chi connectivity index (χ4v) is 3.89. The molecule has 1 aromatic carbocycles. The minimum Gasteiger partial charge on any atom is -0.451 e. The van der Waals surface area contributed by atoms with Crippen LogP contribution in [0.25, 0.3) is 22.4 Å². The summed E-state index contributed by atoms with van der Waals surface area (Å²) in [5, 5.41) is 21.4. The molecule has 11 heteroatoms. The van der Waals surface area contributed by atoms with Gasteiger partial charge in [0.05, 0.1) is 29.7 Å². The topological polar surface area (TPSA) is 132 Å². The second-order valence-electron chi connectivity index (χ2n) is 7.80. The molecule has 4 N–H and O–H groups in total. The van der Waals surface area contributed by atoms with Crippen LogP contribution >= 0.6 is 0 Å². The number of fused-ring (bicyclic) bond motifs is 1. The Hall–Kier alpha value is -3.86. The number of furan rings is 1. The number of rotatable bonds is 7. The Labute approximate surface area is 187 Å². The van der Waals surface area contributed by atoms with Gasteiger partial charge in [0.15, 0.2) is 11.3 Å². The van der Waals surface area contributed by atoms with Gasteiger partial charge in [0.1, 0.15) is 17.4 Å². The van der Waals surface area contributed by atoms with Gasteiger partial charge in [0, 0.05) is 31.9 Å². The predicted octanol–water partition coefficient (Wildman–Crippen LogP) is 3.41. The number of nitrogens with zero attached hydrogens (tertiary/aromatic N) is 3. The quantitative estimate of drug-likeness (QED) is 0.334. The van der Waals surface area contributed by atoms with Crippen molar-refractivity contribution >= 4 is 34.4 Å². The van der Waals surface area contributed by atoms with Crippen molar-refractivity contribution in [1.82, 2.24) is 15.2 Å². The number of piperidine rings is 1. The average Bonchev–Trinajstić information content (AvgIpc) is 3.57. The van der Waals surface area contributed by atoms with Crippen molar-refractivity contribution in [2.24, 2.45) is 0 Å². The Bertz CT molecular complexity index is 1250. The number of alkyl halides is 1. The van der Waals surface area contributed by atoms with E-state index in [9.17, 15) is 9.18 Å². The van der Waals surface area contributed by atoms with Crippen molar-refractivity contribution in [3.05, 3.63) is 42.4 Å². The van der Waals surface area contributed by atoms with Crippen LogP contribution in [0.15, 0.2) is 45.5 Å². The van der Waals surface area contributed by atoms with Gasteiger partial charge in [-0.05, 0) is 31.0 Å². The Morgan fingerprint density at radius 2 is 2.24 bits per heavy atom. The largest absolute Gasteiger partial charge is 0.451 e. The van der Waals surface area contributed by atoms with Crippen LogP contribution in [0.5, 0.6) is 0 Å². The summed E-state index contributed by atoms with van der Waals surface area (Å²) in [6.45, 7) is 1.11. The Balaban J connectivity index is 1.46. The molecule has 0 spiro atoms. The molecule has 4 heterocycles. The number of aliphatic hydroxyl groups is 1. The molecule has 33 heavy (non-hydrogen) atoms. The summed E-state index contributed by atoms with van der Waals surface area (Å²) in [5.74, 6) is 0.190. The maximum atomic E-state index is 14.2. The lowest BCUT2D eigenvalue weighted by Crippen LogP contribution is -2.36. The van der Waals surface area contributed by atoms with E-state index in [-0.39, 0.29) is 31.5 Å². The standard InChI is InChI=1S/C22H23FN6O4/c23-14-2-1-6-29(12-14)17-8-16-20(33-22(28-16)24-5-7-30)9-15(17)27-21(31)19-4-3-18(32-19)13-10-25-26-11-13/h3-4,8-11,14,30H,1-2,5-7,12H2,(H,24,28)(H,25,26)(H,27,31). The lowest BCUT2D eigenvalue weighted by molar-refractivity contribution is 0.0997. The molecule has 5 rings (SSSR count). The highest BCUT2D eigenvalue weighted by Crippen LogP contribution is 2.35. The molecular weight excluding hydrogens is 431 g/mol. The number of amides is 1. The van der Waals surface area contributed by atoms with Crippen LogP contribution in [0.4, 0.5) is 21.8 Å². The van der Waals surface area contributed by atoms with Crippen LogP contribution in [-0.2, 0) is 0 Å². The normalized spacial score (nSPS) is 16.3. The molecule has 1 aliphatic heterocycles. The van der Waals surface area contributed by atoms with Gasteiger partial charge in [-0.2, -0.15) is 10.1 Å². The first-order valence-corrected chi connectivity index (χ1v) is 10.7. The number of aromatic amines is 1. The number of H-pyrrole nitrogens is 1. The molecule has 0 aliphatic carbocycles. The van der Waals surface area contributed by atoms with Gasteiger partial charge in [0.25, 0.3) is 11.9 Å². The Morgan fingerprint density at radius 1 is 1.33 bits per heavy atom. The van der Waals surface area contributed by atoms with E-state index in [0.717, 1.165) is 5.56 Å². The van der Waals surface area contributed by atoms with E-state index < -0.39 is 12.1 Å². The SMILES string of the molecule is O=C(Nc1cc2oc(NCCO)nc2cc1N1CCCC(F)C1)c1ccc(-c2cn[nH]c2)o1. The number of aliphatic hydroxyl groups excluding tert-OH is 1. The predicted molar refractivity (Wildman–Crippen MR) is 120 cm³/mol. The molecule has 172 valence electrons. The van der Waals surface area contributed by atoms with Crippen LogP contribution in [0.2, 0.25) is 0 Å². The Kier molecular flexibility index (Phi) is 5.69. The van der Waals surface area contributed by atoms with Gasteiger partial charge in [-0.1, -0.05) is 0 Å². The molecule has 4 aromatic rings. The smallest absolute Gasteiger partial charge is 0.295 e. The molecule has 0 bridgehead atoms. The summed E-state index contributed by atoms with van der Waals surface area (Å²) < 4.78 is 25.5. The van der Waals surface area contributed by atoms with Gasteiger partial charge < -0.3 is 29.5 Å². The fraction of sp³-hybridized carbons (Fsp3) is 0.318. The van der Waals surface area contributed by atoms with Crippen molar-refractivity contribution in [2.45, 2.75) is 19.0 Å². The van der Waals surface area contributed by atoms with Gasteiger partial charge in [-0.25, -0.2) is 4.39 Å². The molecule has 0 saturated carbocycles. The third-order valence-corrected chi connectivity index (χ3v) is 5.46. The number of halogens is 1. The fourth-order valence-electron chi connectivity index (χ4n) is 3.89. The lowest BCUT2D eigenvalue weighted by Gasteiger charge is -2.32. The number of nitrogens with one attached hydrogen (secondary N) is 3. The molecule has 1 unspecified atom stereocenters. The Morgan fingerprint density at radius 3 is 3.03 bits per heavy atom. The number of hydrogen-bond acceptors (Lipinski definition) is 8. The first kappa shape index (κ1) is 21.0. The van der Waals surface area contributed by atoms with E-state index in [0.29, 0.717) is 47.6 Å². The molecule has 1 amide bonds. The molecule has 3 aromatic heterocycles. The maximum absolute atomic E-state index is 14.2. The minimum atomic E-state index is -0.945. The number of anilines is 3. The summed E-state index contributed by atoms with van der Waals surface area (Å²) in [7, 11) is 0. The van der Waals surface area contributed by atoms with Gasteiger partial charge in [-0.3, -0.25) is 9.89 Å². The number of oxazole rings is 1. The van der Waals surface area contributed by atoms with Crippen molar-refractivity contribution in [1.29, 1.82) is 0 Å². The molecular formula is C22H23FN6O4. The van der Waals surface area contributed by atoms with E-state index in [1.807, 2.05) is 4.90 Å². The number of carbonyl (C=O) groups excluding carboxylic acids is 1. The highest BCUT2D eigenvalue weighted by Gasteiger charge is 2.24. The van der Waals surface area contributed by atoms with Gasteiger partial charge in [0.2, 0.25) is 0 Å². The molecule has 1 aliphatic rings. The number of aromatic nitrogens is 3. The van der Waals surface area contributed by atoms with E-state index >= 15 is 0 Å². The monoisotopic (exact) mass is 454 g/mol. The summed E-state index contributed by atoms with van der Waals surface area (Å²) >= 11 is 0. The summed E-state index contributed by atoms with van der Waals surface area (Å²) in [6, 6.07) is 6.97. The zero-order chi connectivity index (χ0) is 22.8. The van der Waals surface area contributed by atoms with Crippen LogP contribution in [0.1, 0.15) is 23.4 Å². The molecule has 1 saturated heterocycles. The van der Waals surface area contributed by atoms with Crippen LogP contribution < -0.4 is 15.5 Å². The number of carbonyl (C=O) groups is 1. The third-order valence-electron chi connectivity index (χ3n) is 5.46. The van der Waals surface area contributed by atoms with Crippen molar-refractivity contribution in [3.63, 3.8) is 0 Å². The molecule has 1 atom stereocenters. The first-order valence-electron chi connectivity index (χ1n) is 10.7. The minimum absolute atomic E-state index is 0.0685. The zero-order valence-corrected chi connectivity index (χ0v) is 17.7. The van der Waals surface area contributed by atoms with E-state index in [1.165, 1.54) is 0 Å². The zero-order valence-electron chi connectivity index (χ0n) is 17.7. The molecule has 1 fully saturated rings. The number of hydrogen-bond donors (Lipinski definition) is 4. The summed E-state index contributed by atoms with van der Waals surface area (Å²) in [6.07, 6.45) is 3.55. The highest BCUT2D eigenvalue weighted by atomic mass is 19.1. The highest BCUT2D eigenvalue weighted by molar-refractivity contribution is 6.06.